The van der Waals surface area contributed by atoms with Crippen LogP contribution in [0.5, 0.6) is 0 Å². The molecule has 0 radical (unpaired) electrons. The van der Waals surface area contributed by atoms with Gasteiger partial charge in [-0.15, -0.1) is 0 Å². The number of carbonyl (C=O) groups excluding carboxylic acids is 1. The van der Waals surface area contributed by atoms with Gasteiger partial charge in [0.25, 0.3) is 0 Å². The molecule has 7 nitrogen and oxygen atoms in total. The van der Waals surface area contributed by atoms with Crippen molar-refractivity contribution in [2.45, 2.75) is 26.6 Å². The highest BCUT2D eigenvalue weighted by atomic mass is 16.1. The van der Waals surface area contributed by atoms with Crippen molar-refractivity contribution in [2.75, 3.05) is 5.32 Å². The molecule has 0 fully saturated rings. The number of aromatic nitrogens is 3. The third kappa shape index (κ3) is 7.15. The average molecular weight is 505 g/mol. The second-order valence-electron chi connectivity index (χ2n) is 8.68. The number of amides is 1. The van der Waals surface area contributed by atoms with Gasteiger partial charge in [-0.2, -0.15) is 0 Å². The smallest absolute Gasteiger partial charge is 0.204 e. The first-order valence-corrected chi connectivity index (χ1v) is 12.5. The van der Waals surface area contributed by atoms with Crippen molar-refractivity contribution >= 4 is 29.3 Å². The number of fused-ring (bicyclic) bond motifs is 1. The fourth-order valence-corrected chi connectivity index (χ4v) is 4.11. The number of nitrogens with one attached hydrogen (secondary N) is 3. The molecule has 7 heteroatoms. The predicted molar refractivity (Wildman–Crippen MR) is 155 cm³/mol. The molecule has 0 saturated carbocycles. The fourth-order valence-electron chi connectivity index (χ4n) is 4.11. The Labute approximate surface area is 222 Å². The van der Waals surface area contributed by atoms with Gasteiger partial charge >= 0.3 is 0 Å². The summed E-state index contributed by atoms with van der Waals surface area (Å²) in [5, 5.41) is 7.96. The molecule has 5 aromatic rings. The van der Waals surface area contributed by atoms with Crippen molar-refractivity contribution in [1.29, 1.82) is 0 Å². The van der Waals surface area contributed by atoms with Gasteiger partial charge in [0.1, 0.15) is 17.8 Å². The third-order valence-corrected chi connectivity index (χ3v) is 5.99. The Morgan fingerprint density at radius 1 is 0.842 bits per heavy atom. The number of carbonyl (C=O) groups is 1. The van der Waals surface area contributed by atoms with Gasteiger partial charge in [0, 0.05) is 25.3 Å². The van der Waals surface area contributed by atoms with E-state index in [-0.39, 0.29) is 6.41 Å². The van der Waals surface area contributed by atoms with E-state index in [1.54, 1.807) is 6.33 Å². The highest BCUT2D eigenvalue weighted by molar-refractivity contribution is 5.91. The number of anilines is 1. The minimum atomic E-state index is 0.250. The second-order valence-corrected chi connectivity index (χ2v) is 8.68. The van der Waals surface area contributed by atoms with E-state index < -0.39 is 0 Å². The number of hydrogen-bond donors (Lipinski definition) is 4. The zero-order chi connectivity index (χ0) is 26.6. The van der Waals surface area contributed by atoms with Crippen LogP contribution < -0.4 is 16.4 Å². The molecular weight excluding hydrogens is 472 g/mol. The number of aromatic amines is 1. The molecule has 0 saturated heterocycles. The van der Waals surface area contributed by atoms with Crippen LogP contribution in [0.1, 0.15) is 29.2 Å². The largest absolute Gasteiger partial charge is 0.372 e. The number of nitrogens with zero attached hydrogens (tertiary/aromatic N) is 2. The van der Waals surface area contributed by atoms with Gasteiger partial charge < -0.3 is 21.4 Å². The predicted octanol–water partition coefficient (Wildman–Crippen LogP) is 5.66. The van der Waals surface area contributed by atoms with E-state index in [1.807, 2.05) is 25.1 Å². The fraction of sp³-hybridized carbons (Fsp3) is 0.129. The molecule has 38 heavy (non-hydrogen) atoms. The van der Waals surface area contributed by atoms with Crippen molar-refractivity contribution in [3.8, 4) is 11.3 Å². The maximum atomic E-state index is 8.58. The van der Waals surface area contributed by atoms with Gasteiger partial charge in [0.05, 0.1) is 5.39 Å². The van der Waals surface area contributed by atoms with Gasteiger partial charge in [-0.3, -0.25) is 4.79 Å². The van der Waals surface area contributed by atoms with Crippen molar-refractivity contribution in [1.82, 2.24) is 20.3 Å². The lowest BCUT2D eigenvalue weighted by molar-refractivity contribution is -0.106. The molecule has 0 spiro atoms. The molecule has 2 heterocycles. The standard InChI is InChI=1S/C30H29N5.CH3NO/c1-2-6-22-9-11-24(12-10-22)18-31-19-25-13-15-26(16-14-25)28-17-27-29(33-21-34-30(27)35-28)32-20-23-7-4-3-5-8-23;2-1-3/h2-17,21,31H,18-20H2,1H3,(H2,32,33,34,35);1H,(H2,2,3)/b6-2+;. The zero-order valence-electron chi connectivity index (χ0n) is 21.4. The van der Waals surface area contributed by atoms with Crippen LogP contribution in [0.25, 0.3) is 28.4 Å². The quantitative estimate of drug-likeness (QED) is 0.194. The maximum Gasteiger partial charge on any atom is 0.204 e. The van der Waals surface area contributed by atoms with Crippen LogP contribution in [0.3, 0.4) is 0 Å². The summed E-state index contributed by atoms with van der Waals surface area (Å²) >= 11 is 0. The molecule has 0 bridgehead atoms. The molecule has 0 aliphatic heterocycles. The first kappa shape index (κ1) is 26.3. The Morgan fingerprint density at radius 2 is 1.47 bits per heavy atom. The molecule has 3 aromatic carbocycles. The van der Waals surface area contributed by atoms with Crippen molar-refractivity contribution in [3.63, 3.8) is 0 Å². The topological polar surface area (TPSA) is 109 Å². The third-order valence-electron chi connectivity index (χ3n) is 5.99. The monoisotopic (exact) mass is 504 g/mol. The molecular formula is C31H32N6O. The average Bonchev–Trinajstić information content (AvgIpc) is 3.40. The van der Waals surface area contributed by atoms with E-state index in [9.17, 15) is 0 Å². The minimum Gasteiger partial charge on any atom is -0.372 e. The maximum absolute atomic E-state index is 8.58. The number of nitrogens with two attached hydrogens (primary N) is 1. The van der Waals surface area contributed by atoms with Gasteiger partial charge in [-0.05, 0) is 40.8 Å². The summed E-state index contributed by atoms with van der Waals surface area (Å²) in [6, 6.07) is 29.7. The summed E-state index contributed by atoms with van der Waals surface area (Å²) in [7, 11) is 0. The van der Waals surface area contributed by atoms with Crippen LogP contribution in [-0.2, 0) is 24.4 Å². The summed E-state index contributed by atoms with van der Waals surface area (Å²) in [5.41, 5.74) is 12.1. The van der Waals surface area contributed by atoms with E-state index in [4.69, 9.17) is 4.79 Å². The number of allylic oxidation sites excluding steroid dienone is 1. The summed E-state index contributed by atoms with van der Waals surface area (Å²) < 4.78 is 0. The molecule has 5 N–H and O–H groups in total. The Morgan fingerprint density at radius 3 is 2.13 bits per heavy atom. The molecule has 0 atom stereocenters. The van der Waals surface area contributed by atoms with E-state index in [0.29, 0.717) is 0 Å². The van der Waals surface area contributed by atoms with Crippen LogP contribution in [0.4, 0.5) is 5.82 Å². The molecule has 5 rings (SSSR count). The number of benzene rings is 3. The van der Waals surface area contributed by atoms with Crippen LogP contribution >= 0.6 is 0 Å². The molecule has 2 aromatic heterocycles. The van der Waals surface area contributed by atoms with Crippen LogP contribution in [-0.4, -0.2) is 21.4 Å². The van der Waals surface area contributed by atoms with E-state index in [2.05, 4.69) is 110 Å². The highest BCUT2D eigenvalue weighted by Crippen LogP contribution is 2.27. The Balaban J connectivity index is 0.00000107. The lowest BCUT2D eigenvalue weighted by atomic mass is 10.1. The minimum absolute atomic E-state index is 0.250. The SMILES string of the molecule is C/C=C/c1ccc(CNCc2ccc(-c3cc4c(NCc5ccccc5)ncnc4[nH]3)cc2)cc1.NC=O. The second kappa shape index (κ2) is 13.5. The lowest BCUT2D eigenvalue weighted by Gasteiger charge is -2.07. The van der Waals surface area contributed by atoms with Crippen LogP contribution in [0, 0.1) is 0 Å². The Bertz CT molecular complexity index is 1460. The number of rotatable bonds is 9. The van der Waals surface area contributed by atoms with Crippen molar-refractivity contribution in [2.24, 2.45) is 5.73 Å². The number of primary amides is 1. The molecule has 0 aliphatic rings. The van der Waals surface area contributed by atoms with Crippen molar-refractivity contribution in [3.05, 3.63) is 120 Å². The zero-order valence-corrected chi connectivity index (χ0v) is 21.4. The number of hydrogen-bond acceptors (Lipinski definition) is 5. The molecule has 0 unspecified atom stereocenters. The Kier molecular flexibility index (Phi) is 9.37. The van der Waals surface area contributed by atoms with E-state index >= 15 is 0 Å². The molecule has 0 aliphatic carbocycles. The van der Waals surface area contributed by atoms with Crippen molar-refractivity contribution < 1.29 is 4.79 Å². The van der Waals surface area contributed by atoms with Gasteiger partial charge in [0.2, 0.25) is 6.41 Å². The summed E-state index contributed by atoms with van der Waals surface area (Å²) in [6.07, 6.45) is 6.02. The van der Waals surface area contributed by atoms with Gasteiger partial charge in [-0.1, -0.05) is 91.0 Å². The van der Waals surface area contributed by atoms with E-state index in [0.717, 1.165) is 47.7 Å². The summed E-state index contributed by atoms with van der Waals surface area (Å²) in [4.78, 5) is 20.9. The molecule has 192 valence electrons. The van der Waals surface area contributed by atoms with Gasteiger partial charge in [-0.25, -0.2) is 9.97 Å². The summed E-state index contributed by atoms with van der Waals surface area (Å²) in [5.74, 6) is 0.834. The Hall–Kier alpha value is -4.75. The number of H-pyrrole nitrogens is 1. The lowest BCUT2D eigenvalue weighted by Crippen LogP contribution is -2.12. The molecule has 1 amide bonds. The van der Waals surface area contributed by atoms with E-state index in [1.165, 1.54) is 22.3 Å². The van der Waals surface area contributed by atoms with Crippen LogP contribution in [0.15, 0.2) is 97.3 Å². The summed E-state index contributed by atoms with van der Waals surface area (Å²) in [6.45, 7) is 4.42. The highest BCUT2D eigenvalue weighted by Gasteiger charge is 2.09. The normalized spacial score (nSPS) is 10.8. The first-order chi connectivity index (χ1) is 18.7. The van der Waals surface area contributed by atoms with Gasteiger partial charge in [0.15, 0.2) is 0 Å². The first-order valence-electron chi connectivity index (χ1n) is 12.5. The van der Waals surface area contributed by atoms with Crippen LogP contribution in [0.2, 0.25) is 0 Å².